The van der Waals surface area contributed by atoms with Gasteiger partial charge in [0.1, 0.15) is 10.4 Å². The average molecular weight is 360 g/mol. The van der Waals surface area contributed by atoms with Crippen molar-refractivity contribution in [3.05, 3.63) is 56.6 Å². The predicted octanol–water partition coefficient (Wildman–Crippen LogP) is 4.33. The van der Waals surface area contributed by atoms with Crippen LogP contribution in [0.3, 0.4) is 0 Å². The Hall–Kier alpha value is -1.10. The fourth-order valence-electron chi connectivity index (χ4n) is 1.50. The van der Waals surface area contributed by atoms with Crippen molar-refractivity contribution in [2.75, 3.05) is 5.32 Å². The van der Waals surface area contributed by atoms with E-state index in [1.807, 2.05) is 0 Å². The van der Waals surface area contributed by atoms with Crippen molar-refractivity contribution in [2.45, 2.75) is 6.42 Å². The number of anilines is 1. The maximum absolute atomic E-state index is 11.8. The van der Waals surface area contributed by atoms with E-state index < -0.39 is 0 Å². The van der Waals surface area contributed by atoms with Gasteiger partial charge in [0.25, 0.3) is 0 Å². The number of nitrogens with zero attached hydrogens (tertiary/aromatic N) is 1. The monoisotopic (exact) mass is 358 g/mol. The van der Waals surface area contributed by atoms with Crippen molar-refractivity contribution in [3.8, 4) is 0 Å². The third-order valence-electron chi connectivity index (χ3n) is 2.33. The van der Waals surface area contributed by atoms with E-state index in [2.05, 4.69) is 26.2 Å². The third kappa shape index (κ3) is 4.20. The predicted molar refractivity (Wildman–Crippen MR) is 80.7 cm³/mol. The van der Waals surface area contributed by atoms with Gasteiger partial charge in [-0.05, 0) is 45.8 Å². The summed E-state index contributed by atoms with van der Waals surface area (Å²) in [5.74, 6) is 0.337. The highest BCUT2D eigenvalue weighted by Gasteiger charge is 2.07. The van der Waals surface area contributed by atoms with E-state index in [0.29, 0.717) is 20.5 Å². The first-order valence-corrected chi connectivity index (χ1v) is 6.96. The van der Waals surface area contributed by atoms with Crippen LogP contribution in [0.15, 0.2) is 41.0 Å². The molecule has 3 nitrogen and oxygen atoms in total. The molecule has 0 unspecified atom stereocenters. The Kier molecular flexibility index (Phi) is 4.80. The molecule has 0 spiro atoms. The number of carbonyl (C=O) groups is 1. The highest BCUT2D eigenvalue weighted by molar-refractivity contribution is 9.10. The first-order valence-electron chi connectivity index (χ1n) is 5.41. The van der Waals surface area contributed by atoms with E-state index in [-0.39, 0.29) is 12.3 Å². The number of hydrogen-bond donors (Lipinski definition) is 1. The highest BCUT2D eigenvalue weighted by atomic mass is 79.9. The highest BCUT2D eigenvalue weighted by Crippen LogP contribution is 2.23. The zero-order chi connectivity index (χ0) is 13.8. The summed E-state index contributed by atoms with van der Waals surface area (Å²) >= 11 is 15.0. The van der Waals surface area contributed by atoms with Crippen molar-refractivity contribution < 1.29 is 4.79 Å². The second-order valence-electron chi connectivity index (χ2n) is 3.82. The fraction of sp³-hybridized carbons (Fsp3) is 0.0769. The Morgan fingerprint density at radius 1 is 1.21 bits per heavy atom. The van der Waals surface area contributed by atoms with Gasteiger partial charge in [0.15, 0.2) is 0 Å². The number of hydrogen-bond acceptors (Lipinski definition) is 2. The van der Waals surface area contributed by atoms with Gasteiger partial charge in [0.2, 0.25) is 5.91 Å². The lowest BCUT2D eigenvalue weighted by molar-refractivity contribution is -0.115. The molecule has 1 N–H and O–H groups in total. The van der Waals surface area contributed by atoms with Gasteiger partial charge >= 0.3 is 0 Å². The number of halogens is 3. The lowest BCUT2D eigenvalue weighted by atomic mass is 10.1. The fourth-order valence-corrected chi connectivity index (χ4v) is 2.16. The van der Waals surface area contributed by atoms with Crippen molar-refractivity contribution in [2.24, 2.45) is 0 Å². The van der Waals surface area contributed by atoms with Gasteiger partial charge in [-0.25, -0.2) is 4.98 Å². The number of aromatic nitrogens is 1. The molecule has 0 bridgehead atoms. The van der Waals surface area contributed by atoms with E-state index in [1.54, 1.807) is 36.4 Å². The van der Waals surface area contributed by atoms with E-state index in [1.165, 1.54) is 0 Å². The quantitative estimate of drug-likeness (QED) is 0.828. The summed E-state index contributed by atoms with van der Waals surface area (Å²) in [7, 11) is 0. The molecule has 98 valence electrons. The molecule has 0 radical (unpaired) electrons. The minimum Gasteiger partial charge on any atom is -0.310 e. The summed E-state index contributed by atoms with van der Waals surface area (Å²) in [4.78, 5) is 16.0. The maximum atomic E-state index is 11.8. The Bertz CT molecular complexity index is 619. The van der Waals surface area contributed by atoms with Crippen LogP contribution in [0.2, 0.25) is 10.0 Å². The number of pyridine rings is 1. The van der Waals surface area contributed by atoms with Gasteiger partial charge in [-0.2, -0.15) is 0 Å². The lowest BCUT2D eigenvalue weighted by Gasteiger charge is -2.05. The van der Waals surface area contributed by atoms with Crippen LogP contribution in [0.5, 0.6) is 0 Å². The summed E-state index contributed by atoms with van der Waals surface area (Å²) in [6.07, 6.45) is 0.213. The molecule has 0 fully saturated rings. The first-order chi connectivity index (χ1) is 9.04. The Balaban J connectivity index is 2.03. The molecule has 19 heavy (non-hydrogen) atoms. The van der Waals surface area contributed by atoms with Crippen molar-refractivity contribution in [1.29, 1.82) is 0 Å². The van der Waals surface area contributed by atoms with Crippen LogP contribution in [0.4, 0.5) is 5.82 Å². The minimum atomic E-state index is -0.163. The lowest BCUT2D eigenvalue weighted by Crippen LogP contribution is -2.15. The van der Waals surface area contributed by atoms with Crippen molar-refractivity contribution in [3.63, 3.8) is 0 Å². The molecule has 2 rings (SSSR count). The molecule has 0 aliphatic carbocycles. The van der Waals surface area contributed by atoms with Gasteiger partial charge in [0, 0.05) is 0 Å². The van der Waals surface area contributed by atoms with E-state index in [4.69, 9.17) is 23.2 Å². The smallest absolute Gasteiger partial charge is 0.229 e. The van der Waals surface area contributed by atoms with Gasteiger partial charge in [-0.15, -0.1) is 0 Å². The Labute approximate surface area is 129 Å². The summed E-state index contributed by atoms with van der Waals surface area (Å²) in [6.45, 7) is 0. The second-order valence-corrected chi connectivity index (χ2v) is 5.45. The van der Waals surface area contributed by atoms with Gasteiger partial charge in [-0.1, -0.05) is 35.3 Å². The second kappa shape index (κ2) is 6.37. The number of benzene rings is 1. The molecular weight excluding hydrogens is 351 g/mol. The summed E-state index contributed by atoms with van der Waals surface area (Å²) < 4.78 is 0.667. The number of rotatable bonds is 3. The van der Waals surface area contributed by atoms with Crippen LogP contribution in [-0.4, -0.2) is 10.9 Å². The largest absolute Gasteiger partial charge is 0.310 e. The van der Waals surface area contributed by atoms with Gasteiger partial charge in [-0.3, -0.25) is 4.79 Å². The zero-order valence-electron chi connectivity index (χ0n) is 9.66. The first kappa shape index (κ1) is 14.3. The number of amides is 1. The third-order valence-corrected chi connectivity index (χ3v) is 3.51. The standard InChI is InChI=1S/C13H9BrCl2N2O/c14-11-2-1-3-12(17-11)18-13(19)7-8-4-5-9(15)10(16)6-8/h1-6H,7H2,(H,17,18,19). The van der Waals surface area contributed by atoms with E-state index in [0.717, 1.165) is 5.56 Å². The molecule has 1 heterocycles. The molecule has 2 aromatic rings. The molecule has 0 saturated carbocycles. The molecule has 0 aliphatic rings. The van der Waals surface area contributed by atoms with Crippen LogP contribution in [0, 0.1) is 0 Å². The normalized spacial score (nSPS) is 10.3. The molecule has 0 atom stereocenters. The Morgan fingerprint density at radius 3 is 2.68 bits per heavy atom. The molecule has 0 aliphatic heterocycles. The van der Waals surface area contributed by atoms with Crippen LogP contribution in [0.1, 0.15) is 5.56 Å². The molecule has 1 amide bonds. The maximum Gasteiger partial charge on any atom is 0.229 e. The molecule has 0 saturated heterocycles. The zero-order valence-corrected chi connectivity index (χ0v) is 12.8. The Morgan fingerprint density at radius 2 is 2.00 bits per heavy atom. The molecule has 1 aromatic heterocycles. The van der Waals surface area contributed by atoms with Crippen molar-refractivity contribution in [1.82, 2.24) is 4.98 Å². The molecule has 1 aromatic carbocycles. The summed E-state index contributed by atoms with van der Waals surface area (Å²) in [6, 6.07) is 10.4. The van der Waals surface area contributed by atoms with Crippen LogP contribution in [-0.2, 0) is 11.2 Å². The summed E-state index contributed by atoms with van der Waals surface area (Å²) in [5.41, 5.74) is 0.793. The van der Waals surface area contributed by atoms with Crippen LogP contribution < -0.4 is 5.32 Å². The average Bonchev–Trinajstić information content (AvgIpc) is 2.34. The van der Waals surface area contributed by atoms with Crippen molar-refractivity contribution >= 4 is 50.9 Å². The SMILES string of the molecule is O=C(Cc1ccc(Cl)c(Cl)c1)Nc1cccc(Br)n1. The number of carbonyl (C=O) groups excluding carboxylic acids is 1. The van der Waals surface area contributed by atoms with Gasteiger partial charge < -0.3 is 5.32 Å². The van der Waals surface area contributed by atoms with Gasteiger partial charge in [0.05, 0.1) is 16.5 Å². The van der Waals surface area contributed by atoms with Crippen LogP contribution >= 0.6 is 39.1 Å². The molecule has 6 heteroatoms. The van der Waals surface area contributed by atoms with E-state index in [9.17, 15) is 4.79 Å². The summed E-state index contributed by atoms with van der Waals surface area (Å²) in [5, 5.41) is 3.62. The number of nitrogens with one attached hydrogen (secondary N) is 1. The topological polar surface area (TPSA) is 42.0 Å². The minimum absolute atomic E-state index is 0.163. The van der Waals surface area contributed by atoms with Crippen LogP contribution in [0.25, 0.3) is 0 Å². The van der Waals surface area contributed by atoms with E-state index >= 15 is 0 Å². The molecular formula is C13H9BrCl2N2O.